The topological polar surface area (TPSA) is 60.3 Å². The number of hydrogen-bond donors (Lipinski definition) is 1. The molecule has 1 amide bonds. The lowest BCUT2D eigenvalue weighted by molar-refractivity contribution is 0.0920. The van der Waals surface area contributed by atoms with Gasteiger partial charge in [0.1, 0.15) is 6.61 Å². The number of carbonyl (C=O) groups excluding carboxylic acids is 2. The lowest BCUT2D eigenvalue weighted by atomic mass is 10.1. The number of rotatable bonds is 3. The Kier molecular flexibility index (Phi) is 3.54. The van der Waals surface area contributed by atoms with Gasteiger partial charge in [0.05, 0.1) is 18.0 Å². The highest BCUT2D eigenvalue weighted by Gasteiger charge is 2.32. The summed E-state index contributed by atoms with van der Waals surface area (Å²) in [7, 11) is 0. The van der Waals surface area contributed by atoms with Gasteiger partial charge in [0, 0.05) is 11.1 Å². The molecule has 0 spiro atoms. The van der Waals surface area contributed by atoms with Crippen LogP contribution in [0.25, 0.3) is 10.9 Å². The molecule has 5 heteroatoms. The second kappa shape index (κ2) is 5.85. The Hall–Kier alpha value is -3.08. The number of fused-ring (bicyclic) bond motifs is 3. The zero-order valence-corrected chi connectivity index (χ0v) is 12.9. The number of aromatic nitrogens is 1. The van der Waals surface area contributed by atoms with E-state index in [9.17, 15) is 9.59 Å². The van der Waals surface area contributed by atoms with Crippen molar-refractivity contribution in [3.63, 3.8) is 0 Å². The number of nitrogens with one attached hydrogen (secondary N) is 1. The van der Waals surface area contributed by atoms with E-state index in [1.54, 1.807) is 4.57 Å². The molecule has 1 aliphatic rings. The van der Waals surface area contributed by atoms with Crippen LogP contribution in [0.3, 0.4) is 0 Å². The van der Waals surface area contributed by atoms with Gasteiger partial charge in [-0.05, 0) is 17.7 Å². The van der Waals surface area contributed by atoms with E-state index >= 15 is 0 Å². The molecule has 0 radical (unpaired) electrons. The molecule has 0 fully saturated rings. The number of alkyl carbamates (subject to hydrolysis) is 1. The fourth-order valence-corrected chi connectivity index (χ4v) is 3.11. The Labute approximate surface area is 138 Å². The summed E-state index contributed by atoms with van der Waals surface area (Å²) in [6, 6.07) is 18.8. The zero-order chi connectivity index (χ0) is 16.5. The molecule has 3 aromatic rings. The molecule has 2 heterocycles. The van der Waals surface area contributed by atoms with Gasteiger partial charge in [0.15, 0.2) is 0 Å². The van der Waals surface area contributed by atoms with Crippen LogP contribution in [0.5, 0.6) is 0 Å². The van der Waals surface area contributed by atoms with Gasteiger partial charge in [0.2, 0.25) is 5.91 Å². The molecule has 120 valence electrons. The third kappa shape index (κ3) is 2.54. The fourth-order valence-electron chi connectivity index (χ4n) is 3.11. The van der Waals surface area contributed by atoms with Crippen molar-refractivity contribution in [2.45, 2.75) is 19.1 Å². The van der Waals surface area contributed by atoms with Crippen LogP contribution in [-0.2, 0) is 11.3 Å². The first-order chi connectivity index (χ1) is 11.7. The maximum Gasteiger partial charge on any atom is 0.408 e. The van der Waals surface area contributed by atoms with Gasteiger partial charge < -0.3 is 10.1 Å². The highest BCUT2D eigenvalue weighted by Crippen LogP contribution is 2.32. The summed E-state index contributed by atoms with van der Waals surface area (Å²) in [6.07, 6.45) is -0.268. The summed E-state index contributed by atoms with van der Waals surface area (Å²) in [6.45, 7) is 0.205. The molecule has 24 heavy (non-hydrogen) atoms. The van der Waals surface area contributed by atoms with Crippen molar-refractivity contribution in [1.82, 2.24) is 9.88 Å². The number of benzene rings is 2. The highest BCUT2D eigenvalue weighted by atomic mass is 16.5. The minimum atomic E-state index is -0.518. The van der Waals surface area contributed by atoms with Crippen LogP contribution < -0.4 is 5.32 Å². The SMILES string of the molecule is O=C(NC1CC(=O)n2c1cc1ccccc12)OCc1ccccc1. The molecule has 1 N–H and O–H groups in total. The minimum absolute atomic E-state index is 0.0143. The van der Waals surface area contributed by atoms with Crippen molar-refractivity contribution >= 4 is 22.9 Å². The smallest absolute Gasteiger partial charge is 0.408 e. The summed E-state index contributed by atoms with van der Waals surface area (Å²) in [5, 5.41) is 3.78. The molecule has 5 nitrogen and oxygen atoms in total. The number of nitrogens with zero attached hydrogens (tertiary/aromatic N) is 1. The van der Waals surface area contributed by atoms with Gasteiger partial charge in [0.25, 0.3) is 0 Å². The van der Waals surface area contributed by atoms with Crippen molar-refractivity contribution < 1.29 is 14.3 Å². The third-order valence-corrected chi connectivity index (χ3v) is 4.23. The monoisotopic (exact) mass is 320 g/mol. The first-order valence-electron chi connectivity index (χ1n) is 7.83. The normalized spacial score (nSPS) is 16.2. The molecular weight excluding hydrogens is 304 g/mol. The average Bonchev–Trinajstić information content (AvgIpc) is 3.12. The molecule has 0 aliphatic carbocycles. The lowest BCUT2D eigenvalue weighted by Gasteiger charge is -2.12. The average molecular weight is 320 g/mol. The molecular formula is C19H16N2O3. The van der Waals surface area contributed by atoms with Crippen molar-refractivity contribution in [2.75, 3.05) is 0 Å². The molecule has 0 bridgehead atoms. The predicted molar refractivity (Wildman–Crippen MR) is 89.7 cm³/mol. The number of para-hydroxylation sites is 1. The Balaban J connectivity index is 1.48. The van der Waals surface area contributed by atoms with Gasteiger partial charge >= 0.3 is 6.09 Å². The first-order valence-corrected chi connectivity index (χ1v) is 7.83. The van der Waals surface area contributed by atoms with Crippen molar-refractivity contribution in [2.24, 2.45) is 0 Å². The Bertz CT molecular complexity index is 915. The van der Waals surface area contributed by atoms with E-state index < -0.39 is 6.09 Å². The summed E-state index contributed by atoms with van der Waals surface area (Å²) in [5.74, 6) is -0.0143. The van der Waals surface area contributed by atoms with E-state index in [-0.39, 0.29) is 25.0 Å². The molecule has 1 atom stereocenters. The van der Waals surface area contributed by atoms with E-state index in [1.165, 1.54) is 0 Å². The Morgan fingerprint density at radius 2 is 1.88 bits per heavy atom. The second-order valence-electron chi connectivity index (χ2n) is 5.82. The molecule has 4 rings (SSSR count). The van der Waals surface area contributed by atoms with Crippen LogP contribution in [-0.4, -0.2) is 16.6 Å². The van der Waals surface area contributed by atoms with Crippen LogP contribution in [0.15, 0.2) is 60.7 Å². The summed E-state index contributed by atoms with van der Waals surface area (Å²) in [4.78, 5) is 24.3. The van der Waals surface area contributed by atoms with Crippen molar-refractivity contribution in [3.8, 4) is 0 Å². The molecule has 0 saturated carbocycles. The highest BCUT2D eigenvalue weighted by molar-refractivity contribution is 5.97. The molecule has 1 aromatic heterocycles. The van der Waals surface area contributed by atoms with Crippen LogP contribution >= 0.6 is 0 Å². The van der Waals surface area contributed by atoms with Crippen LogP contribution in [0.1, 0.15) is 28.5 Å². The van der Waals surface area contributed by atoms with Gasteiger partial charge in [-0.2, -0.15) is 0 Å². The van der Waals surface area contributed by atoms with E-state index in [2.05, 4.69) is 5.32 Å². The van der Waals surface area contributed by atoms with Crippen LogP contribution in [0.2, 0.25) is 0 Å². The van der Waals surface area contributed by atoms with Gasteiger partial charge in [-0.3, -0.25) is 9.36 Å². The Morgan fingerprint density at radius 1 is 1.12 bits per heavy atom. The number of ether oxygens (including phenoxy) is 1. The Morgan fingerprint density at radius 3 is 2.71 bits per heavy atom. The maximum atomic E-state index is 12.3. The van der Waals surface area contributed by atoms with E-state index in [1.807, 2.05) is 60.7 Å². The fraction of sp³-hybridized carbons (Fsp3) is 0.158. The standard InChI is InChI=1S/C19H16N2O3/c22-18-11-15(17-10-14-8-4-5-9-16(14)21(17)18)20-19(23)24-12-13-6-2-1-3-7-13/h1-10,15H,11-12H2,(H,20,23). The molecule has 1 unspecified atom stereocenters. The maximum absolute atomic E-state index is 12.3. The van der Waals surface area contributed by atoms with Gasteiger partial charge in [-0.1, -0.05) is 48.5 Å². The van der Waals surface area contributed by atoms with Crippen molar-refractivity contribution in [1.29, 1.82) is 0 Å². The largest absolute Gasteiger partial charge is 0.445 e. The number of amides is 1. The summed E-state index contributed by atoms with van der Waals surface area (Å²) in [5.41, 5.74) is 2.60. The number of hydrogen-bond acceptors (Lipinski definition) is 3. The van der Waals surface area contributed by atoms with E-state index in [0.29, 0.717) is 0 Å². The van der Waals surface area contributed by atoms with Gasteiger partial charge in [-0.15, -0.1) is 0 Å². The number of carbonyl (C=O) groups is 2. The van der Waals surface area contributed by atoms with Crippen LogP contribution in [0.4, 0.5) is 4.79 Å². The van der Waals surface area contributed by atoms with Crippen molar-refractivity contribution in [3.05, 3.63) is 71.9 Å². The van der Waals surface area contributed by atoms with E-state index in [0.717, 1.165) is 22.2 Å². The lowest BCUT2D eigenvalue weighted by Crippen LogP contribution is -2.27. The quantitative estimate of drug-likeness (QED) is 0.801. The van der Waals surface area contributed by atoms with E-state index in [4.69, 9.17) is 4.74 Å². The third-order valence-electron chi connectivity index (χ3n) is 4.23. The second-order valence-corrected chi connectivity index (χ2v) is 5.82. The molecule has 0 saturated heterocycles. The van der Waals surface area contributed by atoms with Crippen LogP contribution in [0, 0.1) is 0 Å². The summed E-state index contributed by atoms with van der Waals surface area (Å²) < 4.78 is 6.92. The van der Waals surface area contributed by atoms with Gasteiger partial charge in [-0.25, -0.2) is 4.79 Å². The predicted octanol–water partition coefficient (Wildman–Crippen LogP) is 3.65. The molecule has 1 aliphatic heterocycles. The zero-order valence-electron chi connectivity index (χ0n) is 12.9. The first kappa shape index (κ1) is 14.5. The molecule has 2 aromatic carbocycles. The minimum Gasteiger partial charge on any atom is -0.445 e. The summed E-state index contributed by atoms with van der Waals surface area (Å²) >= 11 is 0.